The second kappa shape index (κ2) is 2.77. The fourth-order valence-electron chi connectivity index (χ4n) is 1.25. The van der Waals surface area contributed by atoms with Crippen LogP contribution < -0.4 is 5.73 Å². The highest BCUT2D eigenvalue weighted by Gasteiger charge is 2.04. The molecule has 0 unspecified atom stereocenters. The lowest BCUT2D eigenvalue weighted by Crippen LogP contribution is -1.98. The monoisotopic (exact) mass is 181 g/mol. The van der Waals surface area contributed by atoms with Crippen LogP contribution in [0, 0.1) is 0 Å². The van der Waals surface area contributed by atoms with Crippen molar-refractivity contribution in [3.05, 3.63) is 35.4 Å². The molecule has 0 saturated heterocycles. The van der Waals surface area contributed by atoms with Crippen molar-refractivity contribution in [3.8, 4) is 0 Å². The predicted octanol–water partition coefficient (Wildman–Crippen LogP) is 1.45. The summed E-state index contributed by atoms with van der Waals surface area (Å²) in [5.41, 5.74) is 7.46. The minimum Gasteiger partial charge on any atom is -0.326 e. The fraction of sp³-hybridized carbons (Fsp3) is 0.125. The van der Waals surface area contributed by atoms with Gasteiger partial charge in [0.2, 0.25) is 0 Å². The first kappa shape index (κ1) is 7.58. The molecule has 0 aliphatic rings. The standard InChI is InChI=1S/C8H8ClN3/c9-8-7-6(4-10)2-1-3-12(7)5-11-8/h1-3,5H,4,10H2. The molecular weight excluding hydrogens is 174 g/mol. The van der Waals surface area contributed by atoms with E-state index in [1.165, 1.54) is 0 Å². The van der Waals surface area contributed by atoms with Gasteiger partial charge in [-0.3, -0.25) is 0 Å². The summed E-state index contributed by atoms with van der Waals surface area (Å²) >= 11 is 5.87. The van der Waals surface area contributed by atoms with E-state index < -0.39 is 0 Å². The minimum atomic E-state index is 0.482. The normalized spacial score (nSPS) is 10.8. The Hall–Kier alpha value is -1.06. The van der Waals surface area contributed by atoms with Crippen LogP contribution in [0.2, 0.25) is 5.15 Å². The number of fused-ring (bicyclic) bond motifs is 1. The number of hydrogen-bond acceptors (Lipinski definition) is 2. The van der Waals surface area contributed by atoms with Crippen molar-refractivity contribution in [3.63, 3.8) is 0 Å². The summed E-state index contributed by atoms with van der Waals surface area (Å²) in [5, 5.41) is 0.510. The number of pyridine rings is 1. The highest BCUT2D eigenvalue weighted by molar-refractivity contribution is 6.32. The zero-order valence-corrected chi connectivity index (χ0v) is 7.12. The van der Waals surface area contributed by atoms with Crippen LogP contribution in [-0.2, 0) is 6.54 Å². The molecular formula is C8H8ClN3. The molecule has 0 radical (unpaired) electrons. The maximum absolute atomic E-state index is 5.87. The molecule has 0 aliphatic carbocycles. The van der Waals surface area contributed by atoms with Gasteiger partial charge in [0.25, 0.3) is 0 Å². The number of hydrogen-bond donors (Lipinski definition) is 1. The van der Waals surface area contributed by atoms with E-state index in [-0.39, 0.29) is 0 Å². The maximum Gasteiger partial charge on any atom is 0.155 e. The van der Waals surface area contributed by atoms with Crippen LogP contribution in [-0.4, -0.2) is 9.38 Å². The Balaban J connectivity index is 2.84. The SMILES string of the molecule is NCc1cccn2cnc(Cl)c12. The Morgan fingerprint density at radius 3 is 3.17 bits per heavy atom. The molecule has 0 aliphatic heterocycles. The summed E-state index contributed by atoms with van der Waals surface area (Å²) in [5.74, 6) is 0. The lowest BCUT2D eigenvalue weighted by Gasteiger charge is -1.99. The maximum atomic E-state index is 5.87. The number of nitrogens with zero attached hydrogens (tertiary/aromatic N) is 2. The molecule has 0 amide bonds. The van der Waals surface area contributed by atoms with E-state index in [9.17, 15) is 0 Å². The van der Waals surface area contributed by atoms with E-state index in [2.05, 4.69) is 4.98 Å². The van der Waals surface area contributed by atoms with Crippen LogP contribution in [0.4, 0.5) is 0 Å². The van der Waals surface area contributed by atoms with Gasteiger partial charge in [0, 0.05) is 12.7 Å². The second-order valence-electron chi connectivity index (χ2n) is 2.53. The van der Waals surface area contributed by atoms with Gasteiger partial charge in [-0.15, -0.1) is 0 Å². The fourth-order valence-corrected chi connectivity index (χ4v) is 1.51. The average molecular weight is 182 g/mol. The lowest BCUT2D eigenvalue weighted by atomic mass is 10.2. The molecule has 2 aromatic rings. The molecule has 12 heavy (non-hydrogen) atoms. The topological polar surface area (TPSA) is 43.3 Å². The first-order valence-corrected chi connectivity index (χ1v) is 4.01. The summed E-state index contributed by atoms with van der Waals surface area (Å²) in [4.78, 5) is 3.98. The van der Waals surface area contributed by atoms with Gasteiger partial charge >= 0.3 is 0 Å². The molecule has 2 heterocycles. The summed E-state index contributed by atoms with van der Waals surface area (Å²) in [6.07, 6.45) is 3.57. The van der Waals surface area contributed by atoms with Crippen molar-refractivity contribution in [1.82, 2.24) is 9.38 Å². The molecule has 62 valence electrons. The van der Waals surface area contributed by atoms with E-state index in [1.807, 2.05) is 22.7 Å². The molecule has 0 aromatic carbocycles. The molecule has 0 atom stereocenters. The highest BCUT2D eigenvalue weighted by atomic mass is 35.5. The molecule has 0 fully saturated rings. The number of nitrogens with two attached hydrogens (primary N) is 1. The van der Waals surface area contributed by atoms with Crippen LogP contribution in [0.5, 0.6) is 0 Å². The minimum absolute atomic E-state index is 0.482. The Kier molecular flexibility index (Phi) is 1.75. The van der Waals surface area contributed by atoms with Crippen molar-refractivity contribution in [1.29, 1.82) is 0 Å². The molecule has 2 N–H and O–H groups in total. The van der Waals surface area contributed by atoms with Crippen LogP contribution in [0.1, 0.15) is 5.56 Å². The van der Waals surface area contributed by atoms with Crippen LogP contribution in [0.15, 0.2) is 24.7 Å². The molecule has 3 nitrogen and oxygen atoms in total. The molecule has 0 saturated carbocycles. The number of halogens is 1. The van der Waals surface area contributed by atoms with Gasteiger partial charge in [-0.1, -0.05) is 17.7 Å². The highest BCUT2D eigenvalue weighted by Crippen LogP contribution is 2.18. The van der Waals surface area contributed by atoms with Gasteiger partial charge in [0.05, 0.1) is 5.52 Å². The Bertz CT molecular complexity index is 408. The smallest absolute Gasteiger partial charge is 0.155 e. The first-order valence-electron chi connectivity index (χ1n) is 3.63. The third kappa shape index (κ3) is 0.983. The van der Waals surface area contributed by atoms with Gasteiger partial charge in [0.1, 0.15) is 6.33 Å². The van der Waals surface area contributed by atoms with E-state index in [1.54, 1.807) is 6.33 Å². The largest absolute Gasteiger partial charge is 0.326 e. The van der Waals surface area contributed by atoms with Gasteiger partial charge in [-0.2, -0.15) is 0 Å². The Morgan fingerprint density at radius 2 is 2.42 bits per heavy atom. The summed E-state index contributed by atoms with van der Waals surface area (Å²) < 4.78 is 1.87. The predicted molar refractivity (Wildman–Crippen MR) is 48.1 cm³/mol. The molecule has 2 aromatic heterocycles. The third-order valence-electron chi connectivity index (χ3n) is 1.82. The van der Waals surface area contributed by atoms with Crippen LogP contribution >= 0.6 is 11.6 Å². The number of aromatic nitrogens is 2. The zero-order valence-electron chi connectivity index (χ0n) is 6.37. The lowest BCUT2D eigenvalue weighted by molar-refractivity contribution is 1.05. The molecule has 2 rings (SSSR count). The Labute approximate surface area is 74.8 Å². The Morgan fingerprint density at radius 1 is 1.58 bits per heavy atom. The van der Waals surface area contributed by atoms with Gasteiger partial charge in [-0.25, -0.2) is 4.98 Å². The third-order valence-corrected chi connectivity index (χ3v) is 2.09. The van der Waals surface area contributed by atoms with Crippen molar-refractivity contribution in [2.24, 2.45) is 5.73 Å². The van der Waals surface area contributed by atoms with Crippen LogP contribution in [0.3, 0.4) is 0 Å². The number of rotatable bonds is 1. The van der Waals surface area contributed by atoms with Crippen molar-refractivity contribution in [2.45, 2.75) is 6.54 Å². The first-order chi connectivity index (χ1) is 5.83. The van der Waals surface area contributed by atoms with E-state index >= 15 is 0 Å². The van der Waals surface area contributed by atoms with Gasteiger partial charge in [-0.05, 0) is 11.6 Å². The van der Waals surface area contributed by atoms with Crippen molar-refractivity contribution >= 4 is 17.1 Å². The van der Waals surface area contributed by atoms with Crippen molar-refractivity contribution < 1.29 is 0 Å². The summed E-state index contributed by atoms with van der Waals surface area (Å²) in [7, 11) is 0. The quantitative estimate of drug-likeness (QED) is 0.724. The average Bonchev–Trinajstić information content (AvgIpc) is 2.48. The van der Waals surface area contributed by atoms with E-state index in [0.29, 0.717) is 11.7 Å². The molecule has 0 bridgehead atoms. The zero-order chi connectivity index (χ0) is 8.55. The van der Waals surface area contributed by atoms with Crippen molar-refractivity contribution in [2.75, 3.05) is 0 Å². The second-order valence-corrected chi connectivity index (χ2v) is 2.89. The van der Waals surface area contributed by atoms with Gasteiger partial charge in [0.15, 0.2) is 5.15 Å². The van der Waals surface area contributed by atoms with Gasteiger partial charge < -0.3 is 10.1 Å². The van der Waals surface area contributed by atoms with E-state index in [4.69, 9.17) is 17.3 Å². The number of imidazole rings is 1. The summed E-state index contributed by atoms with van der Waals surface area (Å²) in [6, 6.07) is 3.87. The summed E-state index contributed by atoms with van der Waals surface area (Å²) in [6.45, 7) is 0.482. The molecule has 4 heteroatoms. The van der Waals surface area contributed by atoms with E-state index in [0.717, 1.165) is 11.1 Å². The van der Waals surface area contributed by atoms with Crippen LogP contribution in [0.25, 0.3) is 5.52 Å². The molecule has 0 spiro atoms.